The van der Waals surface area contributed by atoms with Gasteiger partial charge in [0.1, 0.15) is 0 Å². The number of aromatic nitrogens is 1. The molecule has 1 heterocycles. The van der Waals surface area contributed by atoms with Crippen LogP contribution in [0.5, 0.6) is 0 Å². The normalized spacial score (nSPS) is 26.0. The van der Waals surface area contributed by atoms with E-state index in [1.54, 1.807) is 6.20 Å². The second-order valence-corrected chi connectivity index (χ2v) is 6.92. The van der Waals surface area contributed by atoms with Crippen molar-refractivity contribution in [1.29, 1.82) is 0 Å². The van der Waals surface area contributed by atoms with E-state index < -0.39 is 6.10 Å². The Balaban J connectivity index is 2.05. The van der Waals surface area contributed by atoms with Crippen molar-refractivity contribution < 1.29 is 5.11 Å². The van der Waals surface area contributed by atoms with Crippen LogP contribution >= 0.6 is 31.9 Å². The van der Waals surface area contributed by atoms with E-state index in [0.29, 0.717) is 5.92 Å². The molecule has 0 saturated heterocycles. The van der Waals surface area contributed by atoms with Gasteiger partial charge in [0.05, 0.1) is 11.8 Å². The minimum Gasteiger partial charge on any atom is -0.386 e. The third kappa shape index (κ3) is 3.34. The van der Waals surface area contributed by atoms with E-state index in [4.69, 9.17) is 0 Å². The lowest BCUT2D eigenvalue weighted by molar-refractivity contribution is 0.0690. The van der Waals surface area contributed by atoms with Crippen molar-refractivity contribution in [1.82, 2.24) is 4.98 Å². The van der Waals surface area contributed by atoms with Gasteiger partial charge >= 0.3 is 0 Å². The van der Waals surface area contributed by atoms with Gasteiger partial charge in [0.15, 0.2) is 0 Å². The molecule has 0 bridgehead atoms. The van der Waals surface area contributed by atoms with Gasteiger partial charge in [-0.2, -0.15) is 0 Å². The number of nitrogens with zero attached hydrogens (tertiary/aromatic N) is 1. The van der Waals surface area contributed by atoms with E-state index in [-0.39, 0.29) is 0 Å². The van der Waals surface area contributed by atoms with Crippen LogP contribution in [0.4, 0.5) is 0 Å². The average molecular weight is 377 g/mol. The molecule has 1 aliphatic carbocycles. The highest BCUT2D eigenvalue weighted by Gasteiger charge is 2.28. The van der Waals surface area contributed by atoms with Crippen molar-refractivity contribution in [2.75, 3.05) is 0 Å². The maximum atomic E-state index is 10.5. The highest BCUT2D eigenvalue weighted by Crippen LogP contribution is 2.39. The van der Waals surface area contributed by atoms with Crippen molar-refractivity contribution >= 4 is 31.9 Å². The number of pyridine rings is 1. The number of aliphatic hydroxyl groups is 1. The molecule has 4 heteroatoms. The van der Waals surface area contributed by atoms with E-state index in [9.17, 15) is 5.11 Å². The highest BCUT2D eigenvalue weighted by molar-refractivity contribution is 9.11. The first-order valence-electron chi connectivity index (χ1n) is 6.60. The van der Waals surface area contributed by atoms with Crippen molar-refractivity contribution in [2.45, 2.75) is 45.1 Å². The lowest BCUT2D eigenvalue weighted by atomic mass is 9.78. The number of rotatable bonds is 3. The molecule has 1 aromatic heterocycles. The summed E-state index contributed by atoms with van der Waals surface area (Å²) in [6.45, 7) is 2.26. The van der Waals surface area contributed by atoms with Crippen LogP contribution in [0.15, 0.2) is 21.2 Å². The van der Waals surface area contributed by atoms with E-state index in [1.807, 2.05) is 6.07 Å². The first-order chi connectivity index (χ1) is 8.61. The molecule has 0 radical (unpaired) electrons. The van der Waals surface area contributed by atoms with Crippen LogP contribution in [0.25, 0.3) is 0 Å². The molecular formula is C14H19Br2NO. The van der Waals surface area contributed by atoms with Gasteiger partial charge in [-0.3, -0.25) is 4.98 Å². The summed E-state index contributed by atoms with van der Waals surface area (Å²) in [7, 11) is 0. The van der Waals surface area contributed by atoms with Gasteiger partial charge in [0, 0.05) is 15.1 Å². The largest absolute Gasteiger partial charge is 0.386 e. The summed E-state index contributed by atoms with van der Waals surface area (Å²) in [4.78, 5) is 4.35. The van der Waals surface area contributed by atoms with Crippen LogP contribution in [-0.4, -0.2) is 10.1 Å². The molecule has 1 aromatic rings. The molecule has 0 amide bonds. The SMILES string of the molecule is CCC1CCC(C(O)c2ncc(Br)cc2Br)CC1. The van der Waals surface area contributed by atoms with Crippen LogP contribution in [0, 0.1) is 11.8 Å². The maximum Gasteiger partial charge on any atom is 0.0999 e. The zero-order valence-corrected chi connectivity index (χ0v) is 13.7. The van der Waals surface area contributed by atoms with Crippen molar-refractivity contribution in [3.05, 3.63) is 26.9 Å². The van der Waals surface area contributed by atoms with Crippen LogP contribution < -0.4 is 0 Å². The summed E-state index contributed by atoms with van der Waals surface area (Å²) < 4.78 is 1.82. The molecule has 1 saturated carbocycles. The van der Waals surface area contributed by atoms with Gasteiger partial charge in [-0.15, -0.1) is 0 Å². The lowest BCUT2D eigenvalue weighted by Gasteiger charge is -2.31. The molecule has 1 fully saturated rings. The van der Waals surface area contributed by atoms with E-state index >= 15 is 0 Å². The first kappa shape index (κ1) is 14.5. The summed E-state index contributed by atoms with van der Waals surface area (Å²) in [6, 6.07) is 1.95. The Morgan fingerprint density at radius 1 is 1.33 bits per heavy atom. The van der Waals surface area contributed by atoms with E-state index in [1.165, 1.54) is 19.3 Å². The molecule has 1 aliphatic rings. The van der Waals surface area contributed by atoms with Gasteiger partial charge in [-0.05, 0) is 62.6 Å². The molecule has 1 unspecified atom stereocenters. The Bertz CT molecular complexity index is 403. The fraction of sp³-hybridized carbons (Fsp3) is 0.643. The molecule has 0 spiro atoms. The molecule has 2 rings (SSSR count). The number of hydrogen-bond donors (Lipinski definition) is 1. The first-order valence-corrected chi connectivity index (χ1v) is 8.19. The van der Waals surface area contributed by atoms with Crippen LogP contribution in [0.1, 0.15) is 50.8 Å². The van der Waals surface area contributed by atoms with Crippen molar-refractivity contribution in [3.63, 3.8) is 0 Å². The topological polar surface area (TPSA) is 33.1 Å². The summed E-state index contributed by atoms with van der Waals surface area (Å²) in [6.07, 6.45) is 7.29. The molecular weight excluding hydrogens is 358 g/mol. The van der Waals surface area contributed by atoms with Crippen molar-refractivity contribution in [3.8, 4) is 0 Å². The van der Waals surface area contributed by atoms with Gasteiger partial charge in [-0.25, -0.2) is 0 Å². The van der Waals surface area contributed by atoms with Crippen LogP contribution in [0.2, 0.25) is 0 Å². The quantitative estimate of drug-likeness (QED) is 0.817. The Morgan fingerprint density at radius 3 is 2.56 bits per heavy atom. The summed E-state index contributed by atoms with van der Waals surface area (Å²) in [5, 5.41) is 10.5. The van der Waals surface area contributed by atoms with Gasteiger partial charge in [-0.1, -0.05) is 26.2 Å². The van der Waals surface area contributed by atoms with E-state index in [2.05, 4.69) is 43.8 Å². The molecule has 100 valence electrons. The Morgan fingerprint density at radius 2 is 2.00 bits per heavy atom. The fourth-order valence-corrected chi connectivity index (χ4v) is 4.00. The Labute approximate surface area is 125 Å². The minimum absolute atomic E-state index is 0.359. The second-order valence-electron chi connectivity index (χ2n) is 5.15. The molecule has 0 aromatic carbocycles. The predicted octanol–water partition coefficient (Wildman–Crippen LogP) is 4.86. The van der Waals surface area contributed by atoms with Gasteiger partial charge in [0.25, 0.3) is 0 Å². The number of aliphatic hydroxyl groups excluding tert-OH is 1. The van der Waals surface area contributed by atoms with Gasteiger partial charge in [0.2, 0.25) is 0 Å². The number of hydrogen-bond acceptors (Lipinski definition) is 2. The Kier molecular flexibility index (Phi) is 5.22. The van der Waals surface area contributed by atoms with E-state index in [0.717, 1.165) is 33.4 Å². The van der Waals surface area contributed by atoms with Gasteiger partial charge < -0.3 is 5.11 Å². The molecule has 1 N–H and O–H groups in total. The standard InChI is InChI=1S/C14H19Br2NO/c1-2-9-3-5-10(6-4-9)14(18)13-12(16)7-11(15)8-17-13/h7-10,14,18H,2-6H2,1H3. The number of halogens is 2. The van der Waals surface area contributed by atoms with Crippen LogP contribution in [0.3, 0.4) is 0 Å². The highest BCUT2D eigenvalue weighted by atomic mass is 79.9. The molecule has 1 atom stereocenters. The fourth-order valence-electron chi connectivity index (χ4n) is 2.78. The third-order valence-corrected chi connectivity index (χ3v) is 5.10. The predicted molar refractivity (Wildman–Crippen MR) is 80.3 cm³/mol. The van der Waals surface area contributed by atoms with Crippen LogP contribution in [-0.2, 0) is 0 Å². The average Bonchev–Trinajstić information content (AvgIpc) is 2.38. The maximum absolute atomic E-state index is 10.5. The summed E-state index contributed by atoms with van der Waals surface area (Å²) in [5.41, 5.74) is 0.776. The summed E-state index contributed by atoms with van der Waals surface area (Å²) >= 11 is 6.87. The molecule has 2 nitrogen and oxygen atoms in total. The lowest BCUT2D eigenvalue weighted by Crippen LogP contribution is -2.21. The molecule has 0 aliphatic heterocycles. The monoisotopic (exact) mass is 375 g/mol. The zero-order valence-electron chi connectivity index (χ0n) is 10.6. The smallest absolute Gasteiger partial charge is 0.0999 e. The Hall–Kier alpha value is 0.0700. The third-order valence-electron chi connectivity index (χ3n) is 4.03. The molecule has 18 heavy (non-hydrogen) atoms. The summed E-state index contributed by atoms with van der Waals surface area (Å²) in [5.74, 6) is 1.22. The minimum atomic E-state index is -0.440. The van der Waals surface area contributed by atoms with Crippen molar-refractivity contribution in [2.24, 2.45) is 11.8 Å². The zero-order chi connectivity index (χ0) is 13.1. The second kappa shape index (κ2) is 6.49.